The first kappa shape index (κ1) is 34.3. The standard InChI is InChI=1S/C21H25.C6H4Cl.C6H5.C5H5.CH2.Zr/c1-20(2,3)16-7-9-18-14(12-16)11-15-13-17(21(4,5)6)8-10-19(15)18;7-6-4-2-1-3-5-6;1-2-4-6-5-3-1;1-2-4-5-3-1;;/h7-13H,1-6H3;2-5H;1-5H;1-5H;1H2;/q4*-1;;. The first-order valence-electron chi connectivity index (χ1n) is 13.7. The topological polar surface area (TPSA) is 0 Å². The number of benzene rings is 4. The van der Waals surface area contributed by atoms with Crippen molar-refractivity contribution in [2.24, 2.45) is 0 Å². The predicted octanol–water partition coefficient (Wildman–Crippen LogP) is 11.3. The normalized spacial score (nSPS) is 10.5. The van der Waals surface area contributed by atoms with Gasteiger partial charge in [-0.25, -0.2) is 12.1 Å². The largest absolute Gasteiger partial charge is 0.214 e. The van der Waals surface area contributed by atoms with Crippen molar-refractivity contribution in [3.05, 3.63) is 156 Å². The third-order valence-corrected chi connectivity index (χ3v) is 6.53. The van der Waals surface area contributed by atoms with Gasteiger partial charge in [-0.15, -0.1) is 51.3 Å². The smallest absolute Gasteiger partial charge is 0.171 e. The Morgan fingerprint density at radius 2 is 1.05 bits per heavy atom. The molecular formula is C39H41ClZr-4. The first-order chi connectivity index (χ1) is 19.6. The monoisotopic (exact) mass is 634 g/mol. The molecule has 0 unspecified atom stereocenters. The Kier molecular flexibility index (Phi) is 14.4. The molecule has 0 fully saturated rings. The molecule has 0 radical (unpaired) electrons. The van der Waals surface area contributed by atoms with Crippen molar-refractivity contribution >= 4 is 37.4 Å². The summed E-state index contributed by atoms with van der Waals surface area (Å²) in [4.78, 5) is 0. The van der Waals surface area contributed by atoms with Crippen LogP contribution in [0.5, 0.6) is 0 Å². The summed E-state index contributed by atoms with van der Waals surface area (Å²) < 4.78 is 3.34. The van der Waals surface area contributed by atoms with E-state index in [0.29, 0.717) is 0 Å². The van der Waals surface area contributed by atoms with Gasteiger partial charge in [0.05, 0.1) is 0 Å². The molecule has 0 amide bonds. The minimum absolute atomic E-state index is 0.203. The van der Waals surface area contributed by atoms with Crippen molar-refractivity contribution in [3.63, 3.8) is 0 Å². The van der Waals surface area contributed by atoms with Gasteiger partial charge < -0.3 is 0 Å². The Morgan fingerprint density at radius 3 is 1.32 bits per heavy atom. The quantitative estimate of drug-likeness (QED) is 0.146. The molecule has 0 saturated heterocycles. The average molecular weight is 636 g/mol. The Balaban J connectivity index is 0.000000237. The van der Waals surface area contributed by atoms with Crippen LogP contribution >= 0.6 is 11.6 Å². The van der Waals surface area contributed by atoms with E-state index in [-0.39, 0.29) is 10.8 Å². The van der Waals surface area contributed by atoms with Crippen molar-refractivity contribution in [2.75, 3.05) is 0 Å². The third kappa shape index (κ3) is 11.9. The molecular weight excluding hydrogens is 595 g/mol. The van der Waals surface area contributed by atoms with Crippen LogP contribution in [0.25, 0.3) is 21.5 Å². The second-order valence-corrected chi connectivity index (χ2v) is 11.9. The van der Waals surface area contributed by atoms with E-state index >= 15 is 0 Å². The molecule has 6 aromatic rings. The van der Waals surface area contributed by atoms with E-state index in [2.05, 4.69) is 100 Å². The molecule has 0 N–H and O–H groups in total. The third-order valence-electron chi connectivity index (χ3n) is 6.28. The van der Waals surface area contributed by atoms with Gasteiger partial charge in [0.15, 0.2) is 0 Å². The number of hydrogen-bond donors (Lipinski definition) is 0. The number of halogens is 1. The summed E-state index contributed by atoms with van der Waals surface area (Å²) in [6, 6.07) is 48.7. The zero-order chi connectivity index (χ0) is 30.3. The number of hydrogen-bond acceptors (Lipinski definition) is 0. The van der Waals surface area contributed by atoms with Gasteiger partial charge in [-0.1, -0.05) is 82.0 Å². The minimum atomic E-state index is 0.203. The van der Waals surface area contributed by atoms with Crippen LogP contribution in [0.2, 0.25) is 5.02 Å². The summed E-state index contributed by atoms with van der Waals surface area (Å²) >= 11 is 6.82. The zero-order valence-electron chi connectivity index (χ0n) is 25.2. The molecule has 41 heavy (non-hydrogen) atoms. The predicted molar refractivity (Wildman–Crippen MR) is 179 cm³/mol. The number of fused-ring (bicyclic) bond motifs is 3. The summed E-state index contributed by atoms with van der Waals surface area (Å²) in [5, 5.41) is 6.24. The van der Waals surface area contributed by atoms with Crippen LogP contribution in [0.15, 0.2) is 127 Å². The molecule has 212 valence electrons. The van der Waals surface area contributed by atoms with Gasteiger partial charge in [-0.2, -0.15) is 84.9 Å². The fourth-order valence-electron chi connectivity index (χ4n) is 3.98. The fourth-order valence-corrected chi connectivity index (χ4v) is 4.11. The molecule has 0 atom stereocenters. The number of rotatable bonds is 0. The Morgan fingerprint density at radius 1 is 0.610 bits per heavy atom. The molecule has 0 aliphatic rings. The van der Waals surface area contributed by atoms with Gasteiger partial charge in [-0.05, 0) is 10.8 Å². The van der Waals surface area contributed by atoms with Crippen molar-refractivity contribution in [3.8, 4) is 0 Å². The van der Waals surface area contributed by atoms with Gasteiger partial charge in [0.25, 0.3) is 0 Å². The van der Waals surface area contributed by atoms with Crippen LogP contribution in [0.4, 0.5) is 0 Å². The maximum Gasteiger partial charge on any atom is -0.171 e. The SMILES string of the molecule is CC(C)(C)c1ccc2c(c1)[cH-]c1cc(C(C)(C)C)ccc12.Clc1cc[c-]cc1.[CH2]=[Zr].[c-]1ccccc1.c1cc[cH-]c1. The van der Waals surface area contributed by atoms with Gasteiger partial charge >= 0.3 is 28.4 Å². The van der Waals surface area contributed by atoms with E-state index < -0.39 is 0 Å². The van der Waals surface area contributed by atoms with Crippen molar-refractivity contribution in [1.29, 1.82) is 0 Å². The van der Waals surface area contributed by atoms with E-state index in [1.165, 1.54) is 56.9 Å². The maximum absolute atomic E-state index is 5.52. The summed E-state index contributed by atoms with van der Waals surface area (Å²) in [6.07, 6.45) is 0. The van der Waals surface area contributed by atoms with Gasteiger partial charge in [0.1, 0.15) is 0 Å². The molecule has 2 heteroatoms. The van der Waals surface area contributed by atoms with Crippen LogP contribution in [0, 0.1) is 12.1 Å². The van der Waals surface area contributed by atoms with Gasteiger partial charge in [0.2, 0.25) is 0 Å². The molecule has 6 aromatic carbocycles. The molecule has 0 spiro atoms. The van der Waals surface area contributed by atoms with E-state index in [1.807, 2.05) is 60.7 Å². The van der Waals surface area contributed by atoms with Crippen LogP contribution in [0.1, 0.15) is 52.7 Å². The Hall–Kier alpha value is -2.86. The maximum atomic E-state index is 5.52. The molecule has 0 saturated carbocycles. The van der Waals surface area contributed by atoms with E-state index in [1.54, 1.807) is 24.3 Å². The van der Waals surface area contributed by atoms with E-state index in [9.17, 15) is 0 Å². The zero-order valence-corrected chi connectivity index (χ0v) is 28.4. The molecule has 0 heterocycles. The summed E-state index contributed by atoms with van der Waals surface area (Å²) in [7, 11) is 0. The summed E-state index contributed by atoms with van der Waals surface area (Å²) in [5.74, 6) is 0. The second kappa shape index (κ2) is 17.2. The van der Waals surface area contributed by atoms with E-state index in [4.69, 9.17) is 11.6 Å². The van der Waals surface area contributed by atoms with E-state index in [0.717, 1.165) is 5.02 Å². The average Bonchev–Trinajstić information content (AvgIpc) is 3.67. The molecule has 0 aliphatic carbocycles. The van der Waals surface area contributed by atoms with Crippen LogP contribution < -0.4 is 0 Å². The fraction of sp³-hybridized carbons (Fsp3) is 0.205. The van der Waals surface area contributed by atoms with Crippen molar-refractivity contribution in [1.82, 2.24) is 0 Å². The summed E-state index contributed by atoms with van der Waals surface area (Å²) in [5.41, 5.74) is 3.21. The molecule has 6 rings (SSSR count). The van der Waals surface area contributed by atoms with Crippen LogP contribution in [-0.2, 0) is 35.1 Å². The molecule has 0 bridgehead atoms. The molecule has 0 aliphatic heterocycles. The minimum Gasteiger partial charge on any atom is -0.214 e. The summed E-state index contributed by atoms with van der Waals surface area (Å²) in [6.45, 7) is 13.6. The van der Waals surface area contributed by atoms with Gasteiger partial charge in [0, 0.05) is 0 Å². The molecule has 0 aromatic heterocycles. The Bertz CT molecular complexity index is 1400. The van der Waals surface area contributed by atoms with Crippen molar-refractivity contribution in [2.45, 2.75) is 52.4 Å². The second-order valence-electron chi connectivity index (χ2n) is 11.5. The first-order valence-corrected chi connectivity index (χ1v) is 15.9. The Labute approximate surface area is 268 Å². The van der Waals surface area contributed by atoms with Crippen LogP contribution in [-0.4, -0.2) is 4.21 Å². The van der Waals surface area contributed by atoms with Gasteiger partial charge in [-0.3, -0.25) is 0 Å². The molecule has 0 nitrogen and oxygen atoms in total. The van der Waals surface area contributed by atoms with Crippen molar-refractivity contribution < 1.29 is 24.2 Å². The van der Waals surface area contributed by atoms with Crippen LogP contribution in [0.3, 0.4) is 0 Å².